The molecule has 1 aromatic rings. The zero-order valence-corrected chi connectivity index (χ0v) is 16.8. The molecule has 7 nitrogen and oxygen atoms in total. The number of carbonyl (C=O) groups is 2. The van der Waals surface area contributed by atoms with Crippen molar-refractivity contribution in [1.29, 1.82) is 0 Å². The molecule has 1 saturated heterocycles. The first-order valence-corrected chi connectivity index (χ1v) is 9.58. The van der Waals surface area contributed by atoms with Crippen molar-refractivity contribution in [2.75, 3.05) is 51.8 Å². The topological polar surface area (TPSA) is 72.3 Å². The number of benzene rings is 1. The molecule has 0 spiro atoms. The lowest BCUT2D eigenvalue weighted by Crippen LogP contribution is -3.16. The van der Waals surface area contributed by atoms with Crippen LogP contribution in [0.1, 0.15) is 20.3 Å². The molecule has 0 aromatic heterocycles. The summed E-state index contributed by atoms with van der Waals surface area (Å²) in [5, 5.41) is 2.86. The van der Waals surface area contributed by atoms with Crippen LogP contribution in [0.5, 0.6) is 5.75 Å². The van der Waals surface area contributed by atoms with Gasteiger partial charge < -0.3 is 24.6 Å². The smallest absolute Gasteiger partial charge is 0.328 e. The maximum absolute atomic E-state index is 12.4. The number of esters is 1. The highest BCUT2D eigenvalue weighted by molar-refractivity contribution is 5.85. The molecule has 150 valence electrons. The third-order valence-corrected chi connectivity index (χ3v) is 5.28. The highest BCUT2D eigenvalue weighted by Gasteiger charge is 2.29. The molecule has 1 fully saturated rings. The van der Waals surface area contributed by atoms with Gasteiger partial charge in [0.15, 0.2) is 6.54 Å². The van der Waals surface area contributed by atoms with Gasteiger partial charge >= 0.3 is 5.97 Å². The van der Waals surface area contributed by atoms with Crippen molar-refractivity contribution in [2.24, 2.45) is 5.92 Å². The van der Waals surface area contributed by atoms with Gasteiger partial charge in [-0.2, -0.15) is 0 Å². The molecule has 1 aliphatic heterocycles. The fourth-order valence-electron chi connectivity index (χ4n) is 3.31. The number of ether oxygens (including phenoxy) is 2. The number of methoxy groups -OCH3 is 2. The minimum absolute atomic E-state index is 0.0429. The number of amides is 1. The van der Waals surface area contributed by atoms with Crippen LogP contribution in [0.4, 0.5) is 5.69 Å². The molecule has 0 aliphatic carbocycles. The van der Waals surface area contributed by atoms with Crippen LogP contribution in [0.3, 0.4) is 0 Å². The standard InChI is InChI=1S/C20H31N3O4/c1-5-15(2)19(20(25)27-4)21-18(24)14-22-9-11-23(12-10-22)16-7-6-8-17(13-16)26-3/h6-8,13,15,19H,5,9-12,14H2,1-4H3,(H,21,24)/p+1/t15-,19+/m0/s1. The van der Waals surface area contributed by atoms with Crippen LogP contribution in [-0.4, -0.2) is 64.9 Å². The molecule has 2 rings (SSSR count). The van der Waals surface area contributed by atoms with Crippen LogP contribution >= 0.6 is 0 Å². The number of piperazine rings is 1. The number of nitrogens with zero attached hydrogens (tertiary/aromatic N) is 1. The quantitative estimate of drug-likeness (QED) is 0.628. The van der Waals surface area contributed by atoms with E-state index in [9.17, 15) is 9.59 Å². The first kappa shape index (κ1) is 21.0. The van der Waals surface area contributed by atoms with Gasteiger partial charge in [-0.3, -0.25) is 4.79 Å². The number of carbonyl (C=O) groups excluding carboxylic acids is 2. The van der Waals surface area contributed by atoms with Crippen LogP contribution in [0.15, 0.2) is 24.3 Å². The van der Waals surface area contributed by atoms with Gasteiger partial charge in [0, 0.05) is 11.8 Å². The predicted molar refractivity (Wildman–Crippen MR) is 104 cm³/mol. The third-order valence-electron chi connectivity index (χ3n) is 5.28. The second kappa shape index (κ2) is 10.2. The molecule has 7 heteroatoms. The number of hydrogen-bond donors (Lipinski definition) is 2. The van der Waals surface area contributed by atoms with Crippen LogP contribution < -0.4 is 19.9 Å². The summed E-state index contributed by atoms with van der Waals surface area (Å²) in [5.41, 5.74) is 1.14. The lowest BCUT2D eigenvalue weighted by Gasteiger charge is -2.33. The van der Waals surface area contributed by atoms with Gasteiger partial charge in [0.2, 0.25) is 0 Å². The summed E-state index contributed by atoms with van der Waals surface area (Å²) in [4.78, 5) is 27.9. The zero-order valence-electron chi connectivity index (χ0n) is 16.8. The minimum Gasteiger partial charge on any atom is -0.497 e. The fourth-order valence-corrected chi connectivity index (χ4v) is 3.31. The van der Waals surface area contributed by atoms with Crippen molar-refractivity contribution in [3.05, 3.63) is 24.3 Å². The number of anilines is 1. The Kier molecular flexibility index (Phi) is 7.91. The minimum atomic E-state index is -0.579. The highest BCUT2D eigenvalue weighted by atomic mass is 16.5. The van der Waals surface area contributed by atoms with Crippen molar-refractivity contribution in [2.45, 2.75) is 26.3 Å². The first-order chi connectivity index (χ1) is 13.0. The molecule has 0 bridgehead atoms. The lowest BCUT2D eigenvalue weighted by atomic mass is 9.99. The molecule has 27 heavy (non-hydrogen) atoms. The lowest BCUT2D eigenvalue weighted by molar-refractivity contribution is -0.892. The molecule has 0 unspecified atom stereocenters. The van der Waals surface area contributed by atoms with E-state index < -0.39 is 6.04 Å². The Labute approximate surface area is 161 Å². The molecule has 1 amide bonds. The highest BCUT2D eigenvalue weighted by Crippen LogP contribution is 2.20. The normalized spacial score (nSPS) is 17.1. The van der Waals surface area contributed by atoms with E-state index in [-0.39, 0.29) is 17.8 Å². The van der Waals surface area contributed by atoms with Crippen molar-refractivity contribution in [1.82, 2.24) is 5.32 Å². The summed E-state index contributed by atoms with van der Waals surface area (Å²) in [7, 11) is 3.02. The van der Waals surface area contributed by atoms with E-state index in [0.29, 0.717) is 6.54 Å². The van der Waals surface area contributed by atoms with Gasteiger partial charge in [-0.25, -0.2) is 4.79 Å². The van der Waals surface area contributed by atoms with Gasteiger partial charge in [0.1, 0.15) is 11.8 Å². The molecule has 0 saturated carbocycles. The average molecular weight is 378 g/mol. The van der Waals surface area contributed by atoms with Crippen molar-refractivity contribution < 1.29 is 24.0 Å². The Bertz CT molecular complexity index is 629. The Morgan fingerprint density at radius 1 is 1.26 bits per heavy atom. The van der Waals surface area contributed by atoms with Crippen molar-refractivity contribution in [3.8, 4) is 5.75 Å². The Balaban J connectivity index is 1.85. The molecule has 1 aliphatic rings. The number of rotatable bonds is 8. The molecular formula is C20H32N3O4+. The number of hydrogen-bond acceptors (Lipinski definition) is 5. The van der Waals surface area contributed by atoms with Crippen LogP contribution in [0, 0.1) is 5.92 Å². The molecule has 1 heterocycles. The Hall–Kier alpha value is -2.28. The Morgan fingerprint density at radius 3 is 2.56 bits per heavy atom. The maximum atomic E-state index is 12.4. The van der Waals surface area contributed by atoms with Crippen molar-refractivity contribution >= 4 is 17.6 Å². The maximum Gasteiger partial charge on any atom is 0.328 e. The summed E-state index contributed by atoms with van der Waals surface area (Å²) in [6.45, 7) is 7.81. The second-order valence-corrected chi connectivity index (χ2v) is 7.07. The van der Waals surface area contributed by atoms with Gasteiger partial charge in [-0.15, -0.1) is 0 Å². The molecule has 2 N–H and O–H groups in total. The van der Waals surface area contributed by atoms with E-state index in [2.05, 4.69) is 16.3 Å². The first-order valence-electron chi connectivity index (χ1n) is 9.58. The van der Waals surface area contributed by atoms with Gasteiger partial charge in [0.25, 0.3) is 5.91 Å². The van der Waals surface area contributed by atoms with Gasteiger partial charge in [0.05, 0.1) is 40.4 Å². The van der Waals surface area contributed by atoms with E-state index in [1.54, 1.807) is 7.11 Å². The molecule has 1 aromatic carbocycles. The SMILES string of the molecule is CC[C@H](C)[C@@H](NC(=O)C[NH+]1CCN(c2cccc(OC)c2)CC1)C(=O)OC. The van der Waals surface area contributed by atoms with Gasteiger partial charge in [-0.05, 0) is 18.1 Å². The van der Waals surface area contributed by atoms with E-state index in [1.165, 1.54) is 12.0 Å². The molecule has 2 atom stereocenters. The summed E-state index contributed by atoms with van der Waals surface area (Å²) in [6, 6.07) is 7.45. The molecule has 0 radical (unpaired) electrons. The largest absolute Gasteiger partial charge is 0.497 e. The van der Waals surface area contributed by atoms with Gasteiger partial charge in [-0.1, -0.05) is 26.3 Å². The van der Waals surface area contributed by atoms with E-state index in [0.717, 1.165) is 44.0 Å². The third kappa shape index (κ3) is 5.85. The summed E-state index contributed by atoms with van der Waals surface area (Å²) in [6.07, 6.45) is 0.798. The van der Waals surface area contributed by atoms with E-state index in [4.69, 9.17) is 9.47 Å². The summed E-state index contributed by atoms with van der Waals surface area (Å²) in [5.74, 6) is 0.410. The fraction of sp³-hybridized carbons (Fsp3) is 0.600. The van der Waals surface area contributed by atoms with Crippen LogP contribution in [-0.2, 0) is 14.3 Å². The number of quaternary nitrogens is 1. The Morgan fingerprint density at radius 2 is 1.96 bits per heavy atom. The summed E-state index contributed by atoms with van der Waals surface area (Å²) >= 11 is 0. The average Bonchev–Trinajstić information content (AvgIpc) is 2.71. The van der Waals surface area contributed by atoms with Crippen LogP contribution in [0.25, 0.3) is 0 Å². The monoisotopic (exact) mass is 378 g/mol. The predicted octanol–water partition coefficient (Wildman–Crippen LogP) is 0.104. The second-order valence-electron chi connectivity index (χ2n) is 7.07. The summed E-state index contributed by atoms with van der Waals surface area (Å²) < 4.78 is 10.1. The van der Waals surface area contributed by atoms with E-state index in [1.807, 2.05) is 32.0 Å². The van der Waals surface area contributed by atoms with E-state index >= 15 is 0 Å². The molecular weight excluding hydrogens is 346 g/mol. The zero-order chi connectivity index (χ0) is 19.8. The van der Waals surface area contributed by atoms with Crippen molar-refractivity contribution in [3.63, 3.8) is 0 Å². The van der Waals surface area contributed by atoms with Crippen LogP contribution in [0.2, 0.25) is 0 Å². The number of nitrogens with one attached hydrogen (secondary N) is 2.